The van der Waals surface area contributed by atoms with Gasteiger partial charge in [-0.1, -0.05) is 151 Å². The van der Waals surface area contributed by atoms with Gasteiger partial charge in [0.05, 0.1) is 27.7 Å². The fourth-order valence-electron chi connectivity index (χ4n) is 4.99. The molecule has 0 fully saturated rings. The van der Waals surface area contributed by atoms with Gasteiger partial charge in [-0.2, -0.15) is 0 Å². The zero-order valence-electron chi connectivity index (χ0n) is 34.7. The molecule has 2 atom stereocenters. The Balaban J connectivity index is 4.50. The number of carbonyl (C=O) groups excluding carboxylic acids is 2. The number of ether oxygens (including phenoxy) is 2. The monoisotopic (exact) mass is 779 g/mol. The van der Waals surface area contributed by atoms with Crippen LogP contribution >= 0.6 is 7.82 Å². The lowest BCUT2D eigenvalue weighted by Crippen LogP contribution is -2.37. The lowest BCUT2D eigenvalue weighted by molar-refractivity contribution is -0.870. The second-order valence-electron chi connectivity index (χ2n) is 14.8. The van der Waals surface area contributed by atoms with Crippen LogP contribution in [-0.2, 0) is 32.7 Å². The molecule has 0 aliphatic heterocycles. The molecular formula is C44H77NO8P+. The minimum atomic E-state index is -4.39. The summed E-state index contributed by atoms with van der Waals surface area (Å²) in [5, 5.41) is 0. The Labute approximate surface area is 329 Å². The van der Waals surface area contributed by atoms with E-state index in [9.17, 15) is 19.0 Å². The summed E-state index contributed by atoms with van der Waals surface area (Å²) in [4.78, 5) is 35.3. The van der Waals surface area contributed by atoms with E-state index in [4.69, 9.17) is 18.5 Å². The highest BCUT2D eigenvalue weighted by molar-refractivity contribution is 7.47. The first kappa shape index (κ1) is 51.5. The van der Waals surface area contributed by atoms with Crippen molar-refractivity contribution in [3.8, 4) is 0 Å². The topological polar surface area (TPSA) is 108 Å². The normalized spacial score (nSPS) is 14.4. The van der Waals surface area contributed by atoms with Crippen LogP contribution in [0.1, 0.15) is 142 Å². The number of likely N-dealkylation sites (N-methyl/N-ethyl adjacent to an activating group) is 1. The van der Waals surface area contributed by atoms with Crippen LogP contribution < -0.4 is 0 Å². The molecule has 0 saturated heterocycles. The maximum absolute atomic E-state index is 12.7. The molecule has 0 aliphatic carbocycles. The minimum absolute atomic E-state index is 0.0198. The number of phosphoric acid groups is 1. The van der Waals surface area contributed by atoms with Gasteiger partial charge in [-0.05, 0) is 51.4 Å². The van der Waals surface area contributed by atoms with E-state index in [2.05, 4.69) is 86.8 Å². The summed E-state index contributed by atoms with van der Waals surface area (Å²) in [5.41, 5.74) is 0. The maximum atomic E-state index is 12.7. The molecule has 0 aromatic rings. The molecule has 310 valence electrons. The van der Waals surface area contributed by atoms with Crippen molar-refractivity contribution in [2.24, 2.45) is 0 Å². The van der Waals surface area contributed by atoms with E-state index in [0.29, 0.717) is 23.9 Å². The molecule has 54 heavy (non-hydrogen) atoms. The van der Waals surface area contributed by atoms with Crippen molar-refractivity contribution in [1.29, 1.82) is 0 Å². The molecule has 0 heterocycles. The standard InChI is InChI=1S/C44H76NO8P/c1-6-8-10-12-14-16-18-20-22-24-26-28-30-32-34-36-43(46)50-40-42(41-52-54(48,49)51-39-38-45(3,4)5)53-44(47)37-35-33-31-29-27-25-23-21-19-17-15-13-11-9-7-2/h12-23,42H,6-11,24-41H2,1-5H3/p+1/b14-12+,15-13+,18-16+,19-17+,22-20+,23-21+. The van der Waals surface area contributed by atoms with E-state index in [1.165, 1.54) is 25.7 Å². The third-order valence-corrected chi connectivity index (χ3v) is 9.32. The van der Waals surface area contributed by atoms with Gasteiger partial charge in [0, 0.05) is 12.8 Å². The fraction of sp³-hybridized carbons (Fsp3) is 0.682. The Morgan fingerprint density at radius 2 is 1.00 bits per heavy atom. The lowest BCUT2D eigenvalue weighted by atomic mass is 10.1. The minimum Gasteiger partial charge on any atom is -0.462 e. The lowest BCUT2D eigenvalue weighted by Gasteiger charge is -2.24. The Morgan fingerprint density at radius 3 is 1.46 bits per heavy atom. The van der Waals surface area contributed by atoms with Gasteiger partial charge >= 0.3 is 19.8 Å². The molecule has 0 radical (unpaired) electrons. The average molecular weight is 779 g/mol. The van der Waals surface area contributed by atoms with Crippen LogP contribution in [0.5, 0.6) is 0 Å². The molecule has 10 heteroatoms. The van der Waals surface area contributed by atoms with Crippen LogP contribution in [0.2, 0.25) is 0 Å². The van der Waals surface area contributed by atoms with E-state index in [0.717, 1.165) is 77.0 Å². The second kappa shape index (κ2) is 36.1. The average Bonchev–Trinajstić information content (AvgIpc) is 3.12. The van der Waals surface area contributed by atoms with E-state index in [1.54, 1.807) is 0 Å². The largest absolute Gasteiger partial charge is 0.472 e. The van der Waals surface area contributed by atoms with Crippen molar-refractivity contribution in [3.63, 3.8) is 0 Å². The third-order valence-electron chi connectivity index (χ3n) is 8.33. The molecule has 0 aromatic carbocycles. The number of allylic oxidation sites excluding steroid dienone is 12. The quantitative estimate of drug-likeness (QED) is 0.0220. The first-order valence-corrected chi connectivity index (χ1v) is 22.2. The molecule has 1 N–H and O–H groups in total. The molecule has 0 amide bonds. The van der Waals surface area contributed by atoms with Gasteiger partial charge in [-0.15, -0.1) is 0 Å². The molecule has 0 rings (SSSR count). The van der Waals surface area contributed by atoms with E-state index >= 15 is 0 Å². The maximum Gasteiger partial charge on any atom is 0.472 e. The van der Waals surface area contributed by atoms with Crippen molar-refractivity contribution in [2.75, 3.05) is 47.5 Å². The molecule has 0 bridgehead atoms. The number of hydrogen-bond acceptors (Lipinski definition) is 7. The highest BCUT2D eigenvalue weighted by Crippen LogP contribution is 2.43. The number of unbranched alkanes of at least 4 members (excludes halogenated alkanes) is 14. The molecule has 0 aliphatic rings. The summed E-state index contributed by atoms with van der Waals surface area (Å²) in [5.74, 6) is -0.854. The van der Waals surface area contributed by atoms with Crippen molar-refractivity contribution in [1.82, 2.24) is 0 Å². The number of rotatable bonds is 36. The third kappa shape index (κ3) is 39.2. The number of hydrogen-bond donors (Lipinski definition) is 1. The summed E-state index contributed by atoms with van der Waals surface area (Å²) in [6.45, 7) is 4.24. The zero-order valence-corrected chi connectivity index (χ0v) is 35.6. The summed E-state index contributed by atoms with van der Waals surface area (Å²) >= 11 is 0. The molecule has 0 aromatic heterocycles. The second-order valence-corrected chi connectivity index (χ2v) is 16.2. The molecule has 9 nitrogen and oxygen atoms in total. The van der Waals surface area contributed by atoms with Crippen molar-refractivity contribution >= 4 is 19.8 Å². The number of phosphoric ester groups is 1. The van der Waals surface area contributed by atoms with Gasteiger partial charge in [0.1, 0.15) is 19.8 Å². The van der Waals surface area contributed by atoms with Gasteiger partial charge in [-0.3, -0.25) is 18.6 Å². The van der Waals surface area contributed by atoms with Gasteiger partial charge < -0.3 is 18.9 Å². The van der Waals surface area contributed by atoms with Crippen molar-refractivity contribution in [2.45, 2.75) is 148 Å². The van der Waals surface area contributed by atoms with Gasteiger partial charge in [0.2, 0.25) is 0 Å². The van der Waals surface area contributed by atoms with Crippen LogP contribution in [0.15, 0.2) is 72.9 Å². The summed E-state index contributed by atoms with van der Waals surface area (Å²) in [6, 6.07) is 0. The van der Waals surface area contributed by atoms with Gasteiger partial charge in [0.25, 0.3) is 0 Å². The van der Waals surface area contributed by atoms with Crippen LogP contribution in [0, 0.1) is 0 Å². The number of quaternary nitrogens is 1. The van der Waals surface area contributed by atoms with Gasteiger partial charge in [-0.25, -0.2) is 4.57 Å². The predicted molar refractivity (Wildman–Crippen MR) is 224 cm³/mol. The first-order valence-electron chi connectivity index (χ1n) is 20.7. The number of carbonyl (C=O) groups is 2. The predicted octanol–water partition coefficient (Wildman–Crippen LogP) is 11.5. The van der Waals surface area contributed by atoms with Crippen molar-refractivity contribution in [3.05, 3.63) is 72.9 Å². The van der Waals surface area contributed by atoms with Crippen molar-refractivity contribution < 1.29 is 42.1 Å². The number of nitrogens with zero attached hydrogens (tertiary/aromatic N) is 1. The Morgan fingerprint density at radius 1 is 0.574 bits per heavy atom. The smallest absolute Gasteiger partial charge is 0.462 e. The Kier molecular flexibility index (Phi) is 34.4. The molecule has 0 saturated carbocycles. The van der Waals surface area contributed by atoms with Crippen LogP contribution in [0.4, 0.5) is 0 Å². The van der Waals surface area contributed by atoms with E-state index < -0.39 is 32.5 Å². The Hall–Kier alpha value is -2.55. The van der Waals surface area contributed by atoms with E-state index in [-0.39, 0.29) is 26.1 Å². The van der Waals surface area contributed by atoms with Gasteiger partial charge in [0.15, 0.2) is 6.10 Å². The Bertz CT molecular complexity index is 1150. The summed E-state index contributed by atoms with van der Waals surface area (Å²) < 4.78 is 34.2. The zero-order chi connectivity index (χ0) is 40.0. The number of esters is 2. The van der Waals surface area contributed by atoms with Crippen LogP contribution in [0.3, 0.4) is 0 Å². The highest BCUT2D eigenvalue weighted by atomic mass is 31.2. The van der Waals surface area contributed by atoms with E-state index in [1.807, 2.05) is 21.1 Å². The highest BCUT2D eigenvalue weighted by Gasteiger charge is 2.27. The summed E-state index contributed by atoms with van der Waals surface area (Å²) in [7, 11) is 1.43. The van der Waals surface area contributed by atoms with Crippen LogP contribution in [0.25, 0.3) is 0 Å². The fourth-order valence-corrected chi connectivity index (χ4v) is 5.73. The molecular weight excluding hydrogens is 701 g/mol. The molecule has 2 unspecified atom stereocenters. The SMILES string of the molecule is CCCC/C=C/C=C/C=C/CCCCCCCC(=O)OCC(COP(=O)(O)OCC[N+](C)(C)C)OC(=O)CCCCCCC/C=C/C=C/C=C/CCCC. The van der Waals surface area contributed by atoms with Crippen LogP contribution in [-0.4, -0.2) is 74.9 Å². The molecule has 0 spiro atoms. The summed E-state index contributed by atoms with van der Waals surface area (Å²) in [6.07, 6.45) is 43.7. The first-order chi connectivity index (χ1) is 26.0.